The number of rotatable bonds is 1. The van der Waals surface area contributed by atoms with Gasteiger partial charge in [-0.15, -0.1) is 10.2 Å². The van der Waals surface area contributed by atoms with Crippen LogP contribution in [-0.2, 0) is 4.74 Å². The van der Waals surface area contributed by atoms with Crippen molar-refractivity contribution in [2.45, 2.75) is 12.3 Å². The maximum atomic E-state index is 5.59. The Morgan fingerprint density at radius 2 is 2.33 bits per heavy atom. The molecule has 1 saturated heterocycles. The molecule has 0 spiro atoms. The van der Waals surface area contributed by atoms with Gasteiger partial charge in [0.05, 0.1) is 6.61 Å². The number of hydrogen-bond donors (Lipinski definition) is 2. The molecule has 0 saturated carbocycles. The topological polar surface area (TPSA) is 92.0 Å². The molecule has 6 nitrogen and oxygen atoms in total. The molecule has 0 radical (unpaired) electrons. The third kappa shape index (κ3) is 1.00. The van der Waals surface area contributed by atoms with E-state index in [1.807, 2.05) is 0 Å². The largest absolute Gasteiger partial charge is 0.381 e. The number of aromatic nitrogens is 3. The van der Waals surface area contributed by atoms with Crippen LogP contribution in [0.2, 0.25) is 0 Å². The van der Waals surface area contributed by atoms with E-state index in [2.05, 4.69) is 10.2 Å². The molecule has 1 aliphatic rings. The third-order valence-electron chi connectivity index (χ3n) is 2.04. The van der Waals surface area contributed by atoms with Crippen molar-refractivity contribution in [2.75, 3.05) is 24.8 Å². The molecular weight excluding hydrogens is 158 g/mol. The summed E-state index contributed by atoms with van der Waals surface area (Å²) in [5, 5.41) is 7.55. The number of nitrogen functional groups attached to an aromatic ring is 2. The van der Waals surface area contributed by atoms with Gasteiger partial charge in [0.25, 0.3) is 0 Å². The lowest BCUT2D eigenvalue weighted by Crippen LogP contribution is -2.18. The van der Waals surface area contributed by atoms with Gasteiger partial charge in [0.2, 0.25) is 5.95 Å². The van der Waals surface area contributed by atoms with Gasteiger partial charge in [-0.2, -0.15) is 0 Å². The molecule has 0 aromatic carbocycles. The summed E-state index contributed by atoms with van der Waals surface area (Å²) >= 11 is 0. The highest BCUT2D eigenvalue weighted by molar-refractivity contribution is 5.19. The molecule has 1 atom stereocenters. The lowest BCUT2D eigenvalue weighted by Gasteiger charge is -2.05. The first kappa shape index (κ1) is 7.35. The minimum atomic E-state index is 0.247. The van der Waals surface area contributed by atoms with Crippen LogP contribution in [0.5, 0.6) is 0 Å². The van der Waals surface area contributed by atoms with Crippen molar-refractivity contribution in [3.63, 3.8) is 0 Å². The molecule has 1 fully saturated rings. The smallest absolute Gasteiger partial charge is 0.240 e. The third-order valence-corrected chi connectivity index (χ3v) is 2.04. The molecule has 2 heterocycles. The van der Waals surface area contributed by atoms with E-state index in [0.717, 1.165) is 13.0 Å². The Hall–Kier alpha value is -1.30. The van der Waals surface area contributed by atoms with Gasteiger partial charge >= 0.3 is 0 Å². The fraction of sp³-hybridized carbons (Fsp3) is 0.667. The maximum absolute atomic E-state index is 5.59. The summed E-state index contributed by atoms with van der Waals surface area (Å²) in [5.41, 5.74) is 5.43. The van der Waals surface area contributed by atoms with Crippen LogP contribution in [0.3, 0.4) is 0 Å². The van der Waals surface area contributed by atoms with Crippen LogP contribution in [0.25, 0.3) is 0 Å². The first-order chi connectivity index (χ1) is 5.79. The highest BCUT2D eigenvalue weighted by atomic mass is 16.5. The Labute approximate surface area is 69.5 Å². The average Bonchev–Trinajstić information content (AvgIpc) is 2.64. The zero-order chi connectivity index (χ0) is 8.55. The molecule has 4 N–H and O–H groups in total. The summed E-state index contributed by atoms with van der Waals surface area (Å²) in [7, 11) is 0. The van der Waals surface area contributed by atoms with Crippen LogP contribution in [0.4, 0.5) is 5.95 Å². The fourth-order valence-electron chi connectivity index (χ4n) is 1.33. The number of anilines is 1. The van der Waals surface area contributed by atoms with E-state index in [-0.39, 0.29) is 11.9 Å². The second-order valence-electron chi connectivity index (χ2n) is 2.85. The summed E-state index contributed by atoms with van der Waals surface area (Å²) in [4.78, 5) is 0. The summed E-state index contributed by atoms with van der Waals surface area (Å²) in [6.45, 7) is 1.42. The van der Waals surface area contributed by atoms with Crippen molar-refractivity contribution in [1.82, 2.24) is 14.9 Å². The second kappa shape index (κ2) is 2.63. The monoisotopic (exact) mass is 169 g/mol. The Bertz CT molecular complexity index is 277. The normalized spacial score (nSPS) is 23.2. The van der Waals surface area contributed by atoms with Gasteiger partial charge in [0.15, 0.2) is 5.82 Å². The van der Waals surface area contributed by atoms with E-state index in [9.17, 15) is 0 Å². The molecule has 1 unspecified atom stereocenters. The Morgan fingerprint density at radius 1 is 1.50 bits per heavy atom. The van der Waals surface area contributed by atoms with E-state index in [1.54, 1.807) is 0 Å². The Balaban J connectivity index is 2.26. The molecule has 66 valence electrons. The van der Waals surface area contributed by atoms with E-state index in [0.29, 0.717) is 12.4 Å². The Kier molecular flexibility index (Phi) is 1.61. The molecular formula is C6H11N5O. The van der Waals surface area contributed by atoms with Crippen molar-refractivity contribution < 1.29 is 4.74 Å². The highest BCUT2D eigenvalue weighted by Crippen LogP contribution is 2.22. The number of nitrogens with two attached hydrogens (primary N) is 2. The number of hydrogen-bond acceptors (Lipinski definition) is 5. The van der Waals surface area contributed by atoms with Crippen molar-refractivity contribution in [2.24, 2.45) is 0 Å². The predicted molar refractivity (Wildman–Crippen MR) is 42.8 cm³/mol. The molecule has 1 aromatic heterocycles. The molecule has 0 amide bonds. The average molecular weight is 169 g/mol. The van der Waals surface area contributed by atoms with E-state index < -0.39 is 0 Å². The molecule has 12 heavy (non-hydrogen) atoms. The zero-order valence-electron chi connectivity index (χ0n) is 6.60. The van der Waals surface area contributed by atoms with Crippen LogP contribution in [-0.4, -0.2) is 28.1 Å². The van der Waals surface area contributed by atoms with Crippen molar-refractivity contribution in [3.05, 3.63) is 5.82 Å². The van der Waals surface area contributed by atoms with Crippen LogP contribution >= 0.6 is 0 Å². The first-order valence-corrected chi connectivity index (χ1v) is 3.82. The lowest BCUT2D eigenvalue weighted by molar-refractivity contribution is 0.193. The number of nitrogens with zero attached hydrogens (tertiary/aromatic N) is 3. The predicted octanol–water partition coefficient (Wildman–Crippen LogP) is -0.922. The van der Waals surface area contributed by atoms with E-state index in [4.69, 9.17) is 16.3 Å². The summed E-state index contributed by atoms with van der Waals surface area (Å²) in [6, 6.07) is 0. The van der Waals surface area contributed by atoms with Gasteiger partial charge in [0, 0.05) is 12.5 Å². The summed E-state index contributed by atoms with van der Waals surface area (Å²) in [6.07, 6.45) is 0.940. The van der Waals surface area contributed by atoms with Crippen LogP contribution < -0.4 is 11.6 Å². The van der Waals surface area contributed by atoms with Gasteiger partial charge in [0.1, 0.15) is 0 Å². The molecule has 0 bridgehead atoms. The Morgan fingerprint density at radius 3 is 2.83 bits per heavy atom. The van der Waals surface area contributed by atoms with Crippen molar-refractivity contribution in [3.8, 4) is 0 Å². The van der Waals surface area contributed by atoms with Gasteiger partial charge in [-0.3, -0.25) is 0 Å². The quantitative estimate of drug-likeness (QED) is 0.530. The van der Waals surface area contributed by atoms with Gasteiger partial charge in [-0.25, -0.2) is 4.68 Å². The minimum absolute atomic E-state index is 0.247. The van der Waals surface area contributed by atoms with Crippen LogP contribution in [0, 0.1) is 0 Å². The standard InChI is InChI=1S/C6H11N5O/c7-6-10-9-5(11(6)8)4-1-2-12-3-4/h4H,1-3,8H2,(H2,7,10). The fourth-order valence-corrected chi connectivity index (χ4v) is 1.33. The zero-order valence-corrected chi connectivity index (χ0v) is 6.60. The van der Waals surface area contributed by atoms with Gasteiger partial charge in [-0.1, -0.05) is 0 Å². The van der Waals surface area contributed by atoms with Crippen molar-refractivity contribution in [1.29, 1.82) is 0 Å². The minimum Gasteiger partial charge on any atom is -0.381 e. The summed E-state index contributed by atoms with van der Waals surface area (Å²) in [5.74, 6) is 6.80. The van der Waals surface area contributed by atoms with E-state index in [1.165, 1.54) is 4.68 Å². The van der Waals surface area contributed by atoms with Gasteiger partial charge < -0.3 is 16.3 Å². The highest BCUT2D eigenvalue weighted by Gasteiger charge is 2.23. The lowest BCUT2D eigenvalue weighted by atomic mass is 10.1. The molecule has 1 aromatic rings. The molecule has 1 aliphatic heterocycles. The van der Waals surface area contributed by atoms with Crippen LogP contribution in [0.1, 0.15) is 18.2 Å². The maximum Gasteiger partial charge on any atom is 0.240 e. The molecule has 6 heteroatoms. The number of ether oxygens (including phenoxy) is 1. The summed E-state index contributed by atoms with van der Waals surface area (Å²) < 4.78 is 6.52. The van der Waals surface area contributed by atoms with Gasteiger partial charge in [-0.05, 0) is 6.42 Å². The molecule has 2 rings (SSSR count). The molecule has 0 aliphatic carbocycles. The van der Waals surface area contributed by atoms with Crippen molar-refractivity contribution >= 4 is 5.95 Å². The van der Waals surface area contributed by atoms with E-state index >= 15 is 0 Å². The SMILES string of the molecule is Nc1nnc(C2CCOC2)n1N. The first-order valence-electron chi connectivity index (χ1n) is 3.82. The van der Waals surface area contributed by atoms with Crippen LogP contribution in [0.15, 0.2) is 0 Å². The second-order valence-corrected chi connectivity index (χ2v) is 2.85.